The molecule has 24 heavy (non-hydrogen) atoms. The minimum atomic E-state index is -0.967. The molecule has 0 aliphatic heterocycles. The van der Waals surface area contributed by atoms with Crippen molar-refractivity contribution >= 4 is 11.8 Å². The van der Waals surface area contributed by atoms with Crippen LogP contribution in [0.4, 0.5) is 0 Å². The number of carbonyl (C=O) groups excluding carboxylic acids is 1. The number of hydrogen-bond donors (Lipinski definition) is 1. The third-order valence-electron chi connectivity index (χ3n) is 6.08. The fourth-order valence-electron chi connectivity index (χ4n) is 5.76. The second kappa shape index (κ2) is 7.96. The lowest BCUT2D eigenvalue weighted by atomic mass is 9.48. The number of carboxylic acid groups (broad SMARTS) is 1. The molecule has 5 nitrogen and oxygen atoms in total. The number of Topliss-reactive ketones (excluding diaryl/α,β-unsaturated/α-hetero) is 1. The SMILES string of the molecule is O=C(O)COCCOCCCC(=O)CC12CC3CC(CC(C3)C1)C2. The largest absolute Gasteiger partial charge is 0.480 e. The van der Waals surface area contributed by atoms with Crippen LogP contribution >= 0.6 is 0 Å². The van der Waals surface area contributed by atoms with Gasteiger partial charge in [0.1, 0.15) is 12.4 Å². The molecule has 4 rings (SSSR count). The van der Waals surface area contributed by atoms with Gasteiger partial charge in [0.2, 0.25) is 0 Å². The Bertz CT molecular complexity index is 423. The number of ether oxygens (including phenoxy) is 2. The van der Waals surface area contributed by atoms with E-state index in [0.717, 1.165) is 30.6 Å². The second-order valence-corrected chi connectivity index (χ2v) is 8.30. The lowest BCUT2D eigenvalue weighted by Gasteiger charge is -2.56. The lowest BCUT2D eigenvalue weighted by Crippen LogP contribution is -2.46. The molecule has 0 aromatic rings. The standard InChI is InChI=1S/C19H30O5/c20-17(2-1-3-23-4-5-24-13-18(21)22)12-19-9-14-6-15(10-19)8-16(7-14)11-19/h14-16H,1-13H2,(H,21,22). The van der Waals surface area contributed by atoms with Crippen molar-refractivity contribution in [1.29, 1.82) is 0 Å². The van der Waals surface area contributed by atoms with Gasteiger partial charge in [0.15, 0.2) is 0 Å². The Morgan fingerprint density at radius 1 is 0.917 bits per heavy atom. The summed E-state index contributed by atoms with van der Waals surface area (Å²) in [7, 11) is 0. The van der Waals surface area contributed by atoms with Crippen molar-refractivity contribution in [3.63, 3.8) is 0 Å². The highest BCUT2D eigenvalue weighted by atomic mass is 16.5. The van der Waals surface area contributed by atoms with E-state index in [2.05, 4.69) is 0 Å². The number of rotatable bonds is 11. The minimum absolute atomic E-state index is 0.285. The predicted molar refractivity (Wildman–Crippen MR) is 88.7 cm³/mol. The second-order valence-electron chi connectivity index (χ2n) is 8.30. The maximum Gasteiger partial charge on any atom is 0.329 e. The van der Waals surface area contributed by atoms with E-state index in [1.807, 2.05) is 0 Å². The van der Waals surface area contributed by atoms with Gasteiger partial charge in [-0.25, -0.2) is 4.79 Å². The fraction of sp³-hybridized carbons (Fsp3) is 0.895. The highest BCUT2D eigenvalue weighted by molar-refractivity contribution is 5.79. The zero-order valence-corrected chi connectivity index (χ0v) is 14.5. The predicted octanol–water partition coefficient (Wildman–Crippen LogP) is 3.06. The number of carbonyl (C=O) groups is 2. The Morgan fingerprint density at radius 2 is 1.50 bits per heavy atom. The van der Waals surface area contributed by atoms with Crippen LogP contribution in [0.2, 0.25) is 0 Å². The summed E-state index contributed by atoms with van der Waals surface area (Å²) in [5, 5.41) is 8.43. The van der Waals surface area contributed by atoms with Crippen LogP contribution in [0.25, 0.3) is 0 Å². The molecule has 0 saturated heterocycles. The molecule has 0 unspecified atom stereocenters. The van der Waals surface area contributed by atoms with Crippen LogP contribution in [0.5, 0.6) is 0 Å². The molecule has 0 atom stereocenters. The van der Waals surface area contributed by atoms with Gasteiger partial charge in [-0.1, -0.05) is 0 Å². The molecule has 4 aliphatic carbocycles. The molecule has 0 amide bonds. The molecule has 0 heterocycles. The van der Waals surface area contributed by atoms with Crippen molar-refractivity contribution in [3.05, 3.63) is 0 Å². The normalized spacial score (nSPS) is 33.8. The molecule has 0 aromatic carbocycles. The Balaban J connectivity index is 1.27. The fourth-order valence-corrected chi connectivity index (χ4v) is 5.76. The highest BCUT2D eigenvalue weighted by Crippen LogP contribution is 2.61. The van der Waals surface area contributed by atoms with Crippen molar-refractivity contribution in [3.8, 4) is 0 Å². The summed E-state index contributed by atoms with van der Waals surface area (Å²) in [4.78, 5) is 22.7. The van der Waals surface area contributed by atoms with E-state index in [-0.39, 0.29) is 13.2 Å². The molecule has 4 saturated carbocycles. The Labute approximate surface area is 144 Å². The summed E-state index contributed by atoms with van der Waals surface area (Å²) < 4.78 is 10.3. The molecular weight excluding hydrogens is 308 g/mol. The molecule has 4 aliphatic rings. The molecule has 0 spiro atoms. The summed E-state index contributed by atoms with van der Waals surface area (Å²) in [6.07, 6.45) is 10.3. The zero-order valence-electron chi connectivity index (χ0n) is 14.5. The van der Waals surface area contributed by atoms with Crippen LogP contribution in [0.15, 0.2) is 0 Å². The van der Waals surface area contributed by atoms with Crippen LogP contribution < -0.4 is 0 Å². The van der Waals surface area contributed by atoms with E-state index in [1.54, 1.807) is 0 Å². The molecule has 0 radical (unpaired) electrons. The lowest BCUT2D eigenvalue weighted by molar-refractivity contribution is -0.142. The first-order chi connectivity index (χ1) is 11.5. The zero-order chi connectivity index (χ0) is 17.0. The van der Waals surface area contributed by atoms with Crippen molar-refractivity contribution in [2.24, 2.45) is 23.2 Å². The molecule has 4 bridgehead atoms. The molecular formula is C19H30O5. The van der Waals surface area contributed by atoms with Gasteiger partial charge in [0, 0.05) is 19.4 Å². The van der Waals surface area contributed by atoms with Crippen molar-refractivity contribution in [1.82, 2.24) is 0 Å². The van der Waals surface area contributed by atoms with E-state index in [1.165, 1.54) is 38.5 Å². The average molecular weight is 338 g/mol. The topological polar surface area (TPSA) is 72.8 Å². The maximum atomic E-state index is 12.4. The first-order valence-corrected chi connectivity index (χ1v) is 9.44. The Morgan fingerprint density at radius 3 is 2.08 bits per heavy atom. The summed E-state index contributed by atoms with van der Waals surface area (Å²) in [5.74, 6) is 2.14. The van der Waals surface area contributed by atoms with Gasteiger partial charge in [-0.3, -0.25) is 4.79 Å². The highest BCUT2D eigenvalue weighted by Gasteiger charge is 2.51. The molecule has 0 aromatic heterocycles. The number of ketones is 1. The smallest absolute Gasteiger partial charge is 0.329 e. The van der Waals surface area contributed by atoms with Crippen molar-refractivity contribution < 1.29 is 24.2 Å². The van der Waals surface area contributed by atoms with E-state index in [0.29, 0.717) is 30.8 Å². The third-order valence-corrected chi connectivity index (χ3v) is 6.08. The van der Waals surface area contributed by atoms with Gasteiger partial charge in [-0.2, -0.15) is 0 Å². The summed E-state index contributed by atoms with van der Waals surface area (Å²) in [6, 6.07) is 0. The third kappa shape index (κ3) is 4.79. The van der Waals surface area contributed by atoms with E-state index >= 15 is 0 Å². The first-order valence-electron chi connectivity index (χ1n) is 9.44. The van der Waals surface area contributed by atoms with Crippen molar-refractivity contribution in [2.45, 2.75) is 57.8 Å². The van der Waals surface area contributed by atoms with Crippen LogP contribution in [-0.4, -0.2) is 43.3 Å². The van der Waals surface area contributed by atoms with E-state index in [9.17, 15) is 9.59 Å². The Kier molecular flexibility index (Phi) is 5.93. The van der Waals surface area contributed by atoms with Crippen LogP contribution in [0.3, 0.4) is 0 Å². The number of carboxylic acids is 1. The quantitative estimate of drug-likeness (QED) is 0.586. The van der Waals surface area contributed by atoms with E-state index < -0.39 is 5.97 Å². The molecule has 4 fully saturated rings. The summed E-state index contributed by atoms with van der Waals surface area (Å²) >= 11 is 0. The van der Waals surface area contributed by atoms with Crippen LogP contribution in [0, 0.1) is 23.2 Å². The molecule has 136 valence electrons. The maximum absolute atomic E-state index is 12.4. The van der Waals surface area contributed by atoms with Crippen molar-refractivity contribution in [2.75, 3.05) is 26.4 Å². The van der Waals surface area contributed by atoms with Gasteiger partial charge >= 0.3 is 5.97 Å². The minimum Gasteiger partial charge on any atom is -0.480 e. The summed E-state index contributed by atoms with van der Waals surface area (Å²) in [5.41, 5.74) is 0.345. The van der Waals surface area contributed by atoms with Crippen LogP contribution in [0.1, 0.15) is 57.8 Å². The average Bonchev–Trinajstić information content (AvgIpc) is 2.47. The summed E-state index contributed by atoms with van der Waals surface area (Å²) in [6.45, 7) is 0.930. The van der Waals surface area contributed by atoms with Gasteiger partial charge in [-0.05, 0) is 68.1 Å². The first kappa shape index (κ1) is 17.9. The molecule has 5 heteroatoms. The Hall–Kier alpha value is -0.940. The molecule has 1 N–H and O–H groups in total. The van der Waals surface area contributed by atoms with Crippen LogP contribution in [-0.2, 0) is 19.1 Å². The van der Waals surface area contributed by atoms with Gasteiger partial charge in [0.05, 0.1) is 13.2 Å². The number of aliphatic carboxylic acids is 1. The van der Waals surface area contributed by atoms with Gasteiger partial charge in [-0.15, -0.1) is 0 Å². The van der Waals surface area contributed by atoms with Gasteiger partial charge in [0.25, 0.3) is 0 Å². The number of hydrogen-bond acceptors (Lipinski definition) is 4. The van der Waals surface area contributed by atoms with E-state index in [4.69, 9.17) is 14.6 Å². The van der Waals surface area contributed by atoms with Gasteiger partial charge < -0.3 is 14.6 Å². The monoisotopic (exact) mass is 338 g/mol.